The molecule has 2 atom stereocenters. The summed E-state index contributed by atoms with van der Waals surface area (Å²) in [6, 6.07) is 0. The number of unbranched alkanes of at least 4 members (excludes halogenated alkanes) is 4. The molecule has 0 aromatic heterocycles. The highest BCUT2D eigenvalue weighted by Crippen LogP contribution is 2.36. The molecule has 2 nitrogen and oxygen atoms in total. The lowest BCUT2D eigenvalue weighted by Gasteiger charge is -2.27. The summed E-state index contributed by atoms with van der Waals surface area (Å²) in [5.41, 5.74) is 0. The number of hydrogen-bond acceptors (Lipinski definition) is 2. The zero-order valence-corrected chi connectivity index (χ0v) is 11.4. The second-order valence-corrected chi connectivity index (χ2v) is 5.83. The van der Waals surface area contributed by atoms with Gasteiger partial charge in [0.15, 0.2) is 0 Å². The minimum absolute atomic E-state index is 0.310. The molecule has 2 bridgehead atoms. The van der Waals surface area contributed by atoms with Crippen molar-refractivity contribution < 1.29 is 9.53 Å². The number of rotatable bonds is 8. The van der Waals surface area contributed by atoms with E-state index in [9.17, 15) is 4.79 Å². The Hall–Kier alpha value is -0.630. The topological polar surface area (TPSA) is 26.3 Å². The minimum atomic E-state index is 0.310. The monoisotopic (exact) mass is 250 g/mol. The third-order valence-corrected chi connectivity index (χ3v) is 4.33. The molecule has 2 saturated heterocycles. The van der Waals surface area contributed by atoms with E-state index in [0.717, 1.165) is 32.1 Å². The van der Waals surface area contributed by atoms with Crippen molar-refractivity contribution in [3.8, 4) is 0 Å². The molecule has 0 spiro atoms. The van der Waals surface area contributed by atoms with Crippen LogP contribution in [0.25, 0.3) is 0 Å². The van der Waals surface area contributed by atoms with Gasteiger partial charge in [0.05, 0.1) is 12.2 Å². The number of hydrogen-bond donors (Lipinski definition) is 0. The molecule has 2 unspecified atom stereocenters. The van der Waals surface area contributed by atoms with Crippen LogP contribution in [-0.4, -0.2) is 18.0 Å². The summed E-state index contributed by atoms with van der Waals surface area (Å²) in [6.07, 6.45) is 13.7. The van der Waals surface area contributed by atoms with Crippen LogP contribution in [0.15, 0.2) is 12.7 Å². The van der Waals surface area contributed by atoms with Gasteiger partial charge in [-0.25, -0.2) is 0 Å². The molecule has 2 heterocycles. The van der Waals surface area contributed by atoms with E-state index in [0.29, 0.717) is 23.9 Å². The fourth-order valence-electron chi connectivity index (χ4n) is 3.27. The molecule has 0 N–H and O–H groups in total. The third kappa shape index (κ3) is 3.94. The zero-order chi connectivity index (χ0) is 12.8. The van der Waals surface area contributed by atoms with E-state index >= 15 is 0 Å². The van der Waals surface area contributed by atoms with E-state index in [4.69, 9.17) is 4.74 Å². The maximum Gasteiger partial charge on any atom is 0.136 e. The van der Waals surface area contributed by atoms with Crippen molar-refractivity contribution in [2.45, 2.75) is 76.4 Å². The van der Waals surface area contributed by atoms with Crippen molar-refractivity contribution in [3.63, 3.8) is 0 Å². The highest BCUT2D eigenvalue weighted by molar-refractivity contribution is 5.81. The van der Waals surface area contributed by atoms with E-state index in [2.05, 4.69) is 6.58 Å². The fraction of sp³-hybridized carbons (Fsp3) is 0.812. The van der Waals surface area contributed by atoms with Crippen LogP contribution in [0.2, 0.25) is 0 Å². The number of fused-ring (bicyclic) bond motifs is 2. The molecule has 0 aliphatic carbocycles. The van der Waals surface area contributed by atoms with Gasteiger partial charge >= 0.3 is 0 Å². The number of ketones is 1. The summed E-state index contributed by atoms with van der Waals surface area (Å²) in [4.78, 5) is 12.1. The van der Waals surface area contributed by atoms with Crippen LogP contribution in [0.4, 0.5) is 0 Å². The van der Waals surface area contributed by atoms with Gasteiger partial charge in [-0.1, -0.05) is 18.9 Å². The van der Waals surface area contributed by atoms with Crippen molar-refractivity contribution in [2.24, 2.45) is 5.92 Å². The number of Topliss-reactive ketones (excluding diaryl/α,β-unsaturated/α-hetero) is 1. The molecular weight excluding hydrogens is 224 g/mol. The number of carbonyl (C=O) groups excluding carboxylic acids is 1. The first-order valence-corrected chi connectivity index (χ1v) is 7.58. The summed E-state index contributed by atoms with van der Waals surface area (Å²) >= 11 is 0. The Morgan fingerprint density at radius 2 is 1.78 bits per heavy atom. The summed E-state index contributed by atoms with van der Waals surface area (Å²) < 4.78 is 5.79. The van der Waals surface area contributed by atoms with Gasteiger partial charge in [0, 0.05) is 12.3 Å². The second-order valence-electron chi connectivity index (χ2n) is 5.83. The van der Waals surface area contributed by atoms with Crippen molar-refractivity contribution >= 4 is 5.78 Å². The van der Waals surface area contributed by atoms with Gasteiger partial charge in [0.25, 0.3) is 0 Å². The van der Waals surface area contributed by atoms with Crippen molar-refractivity contribution in [1.82, 2.24) is 0 Å². The molecule has 0 radical (unpaired) electrons. The first kappa shape index (κ1) is 13.8. The predicted octanol–water partition coefficient (Wildman–Crippen LogP) is 4.04. The molecule has 2 fully saturated rings. The van der Waals surface area contributed by atoms with Gasteiger partial charge < -0.3 is 4.74 Å². The summed E-state index contributed by atoms with van der Waals surface area (Å²) in [6.45, 7) is 3.72. The van der Waals surface area contributed by atoms with Crippen LogP contribution in [0, 0.1) is 5.92 Å². The zero-order valence-electron chi connectivity index (χ0n) is 11.4. The Kier molecular flexibility index (Phi) is 5.43. The molecule has 0 amide bonds. The highest BCUT2D eigenvalue weighted by Gasteiger charge is 2.37. The molecule has 18 heavy (non-hydrogen) atoms. The molecule has 102 valence electrons. The van der Waals surface area contributed by atoms with Crippen molar-refractivity contribution in [2.75, 3.05) is 0 Å². The Bertz CT molecular complexity index is 273. The Morgan fingerprint density at radius 3 is 2.44 bits per heavy atom. The van der Waals surface area contributed by atoms with E-state index in [1.54, 1.807) is 0 Å². The fourth-order valence-corrected chi connectivity index (χ4v) is 3.27. The average molecular weight is 250 g/mol. The predicted molar refractivity (Wildman–Crippen MR) is 73.5 cm³/mol. The van der Waals surface area contributed by atoms with Crippen LogP contribution in [-0.2, 0) is 9.53 Å². The largest absolute Gasteiger partial charge is 0.375 e. The number of allylic oxidation sites excluding steroid dienone is 1. The minimum Gasteiger partial charge on any atom is -0.375 e. The lowest BCUT2D eigenvalue weighted by atomic mass is 9.89. The smallest absolute Gasteiger partial charge is 0.136 e. The van der Waals surface area contributed by atoms with E-state index in [-0.39, 0.29) is 0 Å². The molecule has 0 aromatic rings. The highest BCUT2D eigenvalue weighted by atomic mass is 16.5. The van der Waals surface area contributed by atoms with Gasteiger partial charge in [-0.2, -0.15) is 0 Å². The molecule has 0 saturated carbocycles. The second kappa shape index (κ2) is 7.08. The Labute approximate surface area is 111 Å². The lowest BCUT2D eigenvalue weighted by Crippen LogP contribution is -2.29. The van der Waals surface area contributed by atoms with E-state index in [1.165, 1.54) is 32.1 Å². The maximum atomic E-state index is 12.1. The SMILES string of the molecule is C=CCCCCCCC(=O)C1CC2CCC(C1)O2. The number of carbonyl (C=O) groups is 1. The van der Waals surface area contributed by atoms with Crippen LogP contribution in [0.3, 0.4) is 0 Å². The average Bonchev–Trinajstić information content (AvgIpc) is 2.72. The van der Waals surface area contributed by atoms with E-state index in [1.807, 2.05) is 6.08 Å². The molecule has 0 aromatic carbocycles. The summed E-state index contributed by atoms with van der Waals surface area (Å²) in [7, 11) is 0. The molecule has 2 aliphatic heterocycles. The standard InChI is InChI=1S/C16H26O2/c1-2-3-4-5-6-7-8-16(17)13-11-14-9-10-15(12-13)18-14/h2,13-15H,1,3-12H2. The van der Waals surface area contributed by atoms with E-state index < -0.39 is 0 Å². The molecule has 2 rings (SSSR count). The number of ether oxygens (including phenoxy) is 1. The van der Waals surface area contributed by atoms with Gasteiger partial charge in [0.1, 0.15) is 5.78 Å². The normalized spacial score (nSPS) is 30.3. The molecule has 2 heteroatoms. The van der Waals surface area contributed by atoms with Crippen LogP contribution >= 0.6 is 0 Å². The molecular formula is C16H26O2. The Balaban J connectivity index is 1.58. The first-order valence-electron chi connectivity index (χ1n) is 7.58. The van der Waals surface area contributed by atoms with Crippen molar-refractivity contribution in [3.05, 3.63) is 12.7 Å². The van der Waals surface area contributed by atoms with Gasteiger partial charge in [0.2, 0.25) is 0 Å². The quantitative estimate of drug-likeness (QED) is 0.480. The summed E-state index contributed by atoms with van der Waals surface area (Å²) in [5, 5.41) is 0. The van der Waals surface area contributed by atoms with Crippen LogP contribution in [0.1, 0.15) is 64.2 Å². The van der Waals surface area contributed by atoms with Gasteiger partial charge in [-0.3, -0.25) is 4.79 Å². The van der Waals surface area contributed by atoms with Crippen LogP contribution < -0.4 is 0 Å². The maximum absolute atomic E-state index is 12.1. The van der Waals surface area contributed by atoms with Gasteiger partial charge in [-0.05, 0) is 44.9 Å². The lowest BCUT2D eigenvalue weighted by molar-refractivity contribution is -0.128. The summed E-state index contributed by atoms with van der Waals surface area (Å²) in [5.74, 6) is 0.809. The first-order chi connectivity index (χ1) is 8.79. The Morgan fingerprint density at radius 1 is 1.11 bits per heavy atom. The van der Waals surface area contributed by atoms with Crippen molar-refractivity contribution in [1.29, 1.82) is 0 Å². The van der Waals surface area contributed by atoms with Gasteiger partial charge in [-0.15, -0.1) is 6.58 Å². The third-order valence-electron chi connectivity index (χ3n) is 4.33. The van der Waals surface area contributed by atoms with Crippen LogP contribution in [0.5, 0.6) is 0 Å². The molecule has 2 aliphatic rings.